The second kappa shape index (κ2) is 7.12. The van der Waals surface area contributed by atoms with Crippen LogP contribution in [-0.2, 0) is 0 Å². The second-order valence-corrected chi connectivity index (χ2v) is 5.97. The molecule has 0 aliphatic heterocycles. The molecule has 0 unspecified atom stereocenters. The number of phenolic OH excluding ortho intramolecular Hbond substituents is 1. The summed E-state index contributed by atoms with van der Waals surface area (Å²) in [4.78, 5) is 0. The van der Waals surface area contributed by atoms with Gasteiger partial charge in [0.05, 0.1) is 23.7 Å². The number of aromatic hydroxyl groups is 1. The fourth-order valence-electron chi connectivity index (χ4n) is 1.85. The van der Waals surface area contributed by atoms with Gasteiger partial charge in [0.25, 0.3) is 0 Å². The summed E-state index contributed by atoms with van der Waals surface area (Å²) < 4.78 is 5.59. The third-order valence-corrected chi connectivity index (χ3v) is 3.71. The summed E-state index contributed by atoms with van der Waals surface area (Å²) in [5.74, 6) is 0.911. The minimum absolute atomic E-state index is 0.0371. The van der Waals surface area contributed by atoms with Crippen molar-refractivity contribution in [2.24, 2.45) is 11.7 Å². The fraction of sp³-hybridized carbons (Fsp3) is 0.571. The highest BCUT2D eigenvalue weighted by molar-refractivity contribution is 9.10. The maximum Gasteiger partial charge on any atom is 0.172 e. The van der Waals surface area contributed by atoms with Crippen LogP contribution in [0.15, 0.2) is 16.6 Å². The lowest BCUT2D eigenvalue weighted by Gasteiger charge is -2.21. The molecule has 0 amide bonds. The normalized spacial score (nSPS) is 14.5. The van der Waals surface area contributed by atoms with Crippen LogP contribution in [0.2, 0.25) is 0 Å². The first-order chi connectivity index (χ1) is 8.86. The summed E-state index contributed by atoms with van der Waals surface area (Å²) in [6, 6.07) is 2.87. The van der Waals surface area contributed by atoms with Crippen LogP contribution in [0.5, 0.6) is 11.5 Å². The summed E-state index contributed by atoms with van der Waals surface area (Å²) in [6.45, 7) is 4.22. The molecule has 0 radical (unpaired) electrons. The average Bonchev–Trinajstić information content (AvgIpc) is 2.37. The van der Waals surface area contributed by atoms with Gasteiger partial charge in [0, 0.05) is 0 Å². The smallest absolute Gasteiger partial charge is 0.172 e. The molecule has 19 heavy (non-hydrogen) atoms. The van der Waals surface area contributed by atoms with Gasteiger partial charge in [-0.15, -0.1) is 0 Å². The number of ether oxygens (including phenoxy) is 1. The van der Waals surface area contributed by atoms with E-state index in [1.54, 1.807) is 12.1 Å². The van der Waals surface area contributed by atoms with Gasteiger partial charge in [0.15, 0.2) is 11.5 Å². The lowest BCUT2D eigenvalue weighted by atomic mass is 9.96. The summed E-state index contributed by atoms with van der Waals surface area (Å²) in [5, 5.41) is 19.8. The van der Waals surface area contributed by atoms with E-state index in [0.29, 0.717) is 22.6 Å². The zero-order valence-electron chi connectivity index (χ0n) is 11.6. The molecule has 1 rings (SSSR count). The van der Waals surface area contributed by atoms with Crippen molar-refractivity contribution in [1.82, 2.24) is 0 Å². The van der Waals surface area contributed by atoms with Gasteiger partial charge in [-0.2, -0.15) is 0 Å². The summed E-state index contributed by atoms with van der Waals surface area (Å²) >= 11 is 3.25. The first kappa shape index (κ1) is 16.3. The largest absolute Gasteiger partial charge is 0.503 e. The van der Waals surface area contributed by atoms with E-state index >= 15 is 0 Å². The average molecular weight is 332 g/mol. The molecule has 0 saturated heterocycles. The van der Waals surface area contributed by atoms with Gasteiger partial charge in [-0.3, -0.25) is 0 Å². The van der Waals surface area contributed by atoms with Crippen LogP contribution in [0.1, 0.15) is 38.3 Å². The highest BCUT2D eigenvalue weighted by atomic mass is 79.9. The Labute approximate surface area is 122 Å². The van der Waals surface area contributed by atoms with Gasteiger partial charge in [-0.1, -0.05) is 13.8 Å². The molecule has 0 fully saturated rings. The van der Waals surface area contributed by atoms with E-state index in [4.69, 9.17) is 10.5 Å². The topological polar surface area (TPSA) is 75.7 Å². The first-order valence-corrected chi connectivity index (χ1v) is 7.16. The number of aliphatic hydroxyl groups excluding tert-OH is 1. The second-order valence-electron chi connectivity index (χ2n) is 5.12. The number of phenols is 1. The van der Waals surface area contributed by atoms with Gasteiger partial charge in [-0.05, 0) is 52.4 Å². The molecule has 0 bridgehead atoms. The molecule has 2 atom stereocenters. The summed E-state index contributed by atoms with van der Waals surface area (Å²) in [5.41, 5.74) is 6.79. The van der Waals surface area contributed by atoms with Crippen molar-refractivity contribution in [1.29, 1.82) is 0 Å². The highest BCUT2D eigenvalue weighted by Gasteiger charge is 2.20. The Morgan fingerprint density at radius 1 is 1.32 bits per heavy atom. The van der Waals surface area contributed by atoms with Crippen molar-refractivity contribution in [3.63, 3.8) is 0 Å². The van der Waals surface area contributed by atoms with Crippen LogP contribution in [0.4, 0.5) is 0 Å². The third kappa shape index (κ3) is 4.37. The number of hydrogen-bond acceptors (Lipinski definition) is 4. The van der Waals surface area contributed by atoms with E-state index in [-0.39, 0.29) is 5.75 Å². The molecular formula is C14H22BrNO3. The monoisotopic (exact) mass is 331 g/mol. The molecule has 0 spiro atoms. The molecule has 0 saturated carbocycles. The summed E-state index contributed by atoms with van der Waals surface area (Å²) in [7, 11) is 1.48. The molecule has 0 aromatic heterocycles. The first-order valence-electron chi connectivity index (χ1n) is 6.36. The van der Waals surface area contributed by atoms with Crippen LogP contribution in [-0.4, -0.2) is 23.4 Å². The Morgan fingerprint density at radius 3 is 2.47 bits per heavy atom. The maximum atomic E-state index is 10.1. The minimum atomic E-state index is -0.608. The third-order valence-electron chi connectivity index (χ3n) is 3.11. The van der Waals surface area contributed by atoms with Crippen molar-refractivity contribution in [3.8, 4) is 11.5 Å². The maximum absolute atomic E-state index is 10.1. The molecule has 4 nitrogen and oxygen atoms in total. The van der Waals surface area contributed by atoms with Crippen LogP contribution in [0.3, 0.4) is 0 Å². The Morgan fingerprint density at radius 2 is 1.95 bits per heavy atom. The minimum Gasteiger partial charge on any atom is -0.503 e. The van der Waals surface area contributed by atoms with Gasteiger partial charge >= 0.3 is 0 Å². The van der Waals surface area contributed by atoms with Crippen LogP contribution < -0.4 is 10.5 Å². The van der Waals surface area contributed by atoms with E-state index in [1.807, 2.05) is 0 Å². The molecular weight excluding hydrogens is 310 g/mol. The fourth-order valence-corrected chi connectivity index (χ4v) is 2.31. The van der Waals surface area contributed by atoms with Crippen molar-refractivity contribution >= 4 is 15.9 Å². The number of halogens is 1. The predicted octanol–water partition coefficient (Wildman–Crippen LogP) is 2.96. The van der Waals surface area contributed by atoms with Crippen LogP contribution in [0, 0.1) is 5.92 Å². The number of rotatable bonds is 6. The molecule has 5 heteroatoms. The van der Waals surface area contributed by atoms with E-state index in [2.05, 4.69) is 29.8 Å². The van der Waals surface area contributed by atoms with Gasteiger partial charge < -0.3 is 20.7 Å². The van der Waals surface area contributed by atoms with Crippen molar-refractivity contribution in [3.05, 3.63) is 22.2 Å². The molecule has 0 heterocycles. The van der Waals surface area contributed by atoms with E-state index < -0.39 is 12.1 Å². The molecule has 0 aliphatic rings. The van der Waals surface area contributed by atoms with E-state index in [0.717, 1.165) is 12.0 Å². The van der Waals surface area contributed by atoms with Gasteiger partial charge in [0.1, 0.15) is 0 Å². The molecule has 0 aliphatic carbocycles. The number of hydrogen-bond donors (Lipinski definition) is 3. The quantitative estimate of drug-likeness (QED) is 0.749. The number of methoxy groups -OCH3 is 1. The zero-order chi connectivity index (χ0) is 14.6. The highest BCUT2D eigenvalue weighted by Crippen LogP contribution is 2.37. The number of nitrogens with two attached hydrogens (primary N) is 1. The van der Waals surface area contributed by atoms with Crippen molar-refractivity contribution in [2.45, 2.75) is 38.8 Å². The zero-order valence-corrected chi connectivity index (χ0v) is 13.1. The Bertz CT molecular complexity index is 423. The van der Waals surface area contributed by atoms with Gasteiger partial charge in [0.2, 0.25) is 0 Å². The summed E-state index contributed by atoms with van der Waals surface area (Å²) in [6.07, 6.45) is 0.966. The van der Waals surface area contributed by atoms with Crippen LogP contribution >= 0.6 is 15.9 Å². The van der Waals surface area contributed by atoms with Crippen molar-refractivity contribution < 1.29 is 14.9 Å². The lowest BCUT2D eigenvalue weighted by molar-refractivity contribution is 0.128. The molecule has 1 aromatic rings. The van der Waals surface area contributed by atoms with Crippen LogP contribution in [0.25, 0.3) is 0 Å². The standard InChI is InChI=1S/C14H22BrNO3/c1-8(2)4-5-11(17)13(16)9-6-10(15)14(18)12(7-9)19-3/h6-8,11,13,17-18H,4-5,16H2,1-3H3/t11-,13+/m0/s1. The Kier molecular flexibility index (Phi) is 6.10. The number of benzene rings is 1. The van der Waals surface area contributed by atoms with E-state index in [9.17, 15) is 10.2 Å². The molecule has 4 N–H and O–H groups in total. The lowest BCUT2D eigenvalue weighted by Crippen LogP contribution is -2.26. The Hall–Kier alpha value is -0.780. The SMILES string of the molecule is COc1cc([C@@H](N)[C@@H](O)CCC(C)C)cc(Br)c1O. The predicted molar refractivity (Wildman–Crippen MR) is 79.4 cm³/mol. The molecule has 1 aromatic carbocycles. The molecule has 108 valence electrons. The van der Waals surface area contributed by atoms with E-state index in [1.165, 1.54) is 7.11 Å². The number of aliphatic hydroxyl groups is 1. The van der Waals surface area contributed by atoms with Crippen molar-refractivity contribution in [2.75, 3.05) is 7.11 Å². The van der Waals surface area contributed by atoms with Gasteiger partial charge in [-0.25, -0.2) is 0 Å². The Balaban J connectivity index is 2.87.